The van der Waals surface area contributed by atoms with Crippen LogP contribution in [0, 0.1) is 5.82 Å². The normalized spacial score (nSPS) is 23.8. The SMILES string of the molecule is COc1ccc2cc1Oc1ccc(cc1)CC1c3cc(c(OC)cc3CC[N+]1(C)C(C)C(=O)O)Oc1c(F)c(OC)cc3c1C(C2)[N+](C)(C(C)C(=O)O)CC3. The highest BCUT2D eigenvalue weighted by atomic mass is 19.1. The molecule has 6 bridgehead atoms. The maximum atomic E-state index is 17.0. The zero-order valence-corrected chi connectivity index (χ0v) is 32.4. The fourth-order valence-corrected chi connectivity index (χ4v) is 8.89. The van der Waals surface area contributed by atoms with Crippen LogP contribution in [0.1, 0.15) is 59.3 Å². The molecule has 55 heavy (non-hydrogen) atoms. The highest BCUT2D eigenvalue weighted by Gasteiger charge is 2.49. The van der Waals surface area contributed by atoms with Crippen LogP contribution < -0.4 is 23.7 Å². The quantitative estimate of drug-likeness (QED) is 0.188. The molecule has 290 valence electrons. The standard InChI is InChI=1S/C43H47FN2O9/c1-24(42(47)48)45(3)16-14-28-21-35(52-6)37-23-31(28)32(45)18-26-8-11-30(12-9-26)54-36-20-27(10-13-34(36)51-5)19-33-39-29(15-17-46(33,4)25(2)43(49)50)22-38(53-7)40(44)41(39)55-37/h8-13,20-25,32-33H,14-19H2,1-7H3/p+2. The second-order valence-corrected chi connectivity index (χ2v) is 15.4. The third kappa shape index (κ3) is 6.50. The maximum Gasteiger partial charge on any atom is 0.362 e. The van der Waals surface area contributed by atoms with Crippen LogP contribution in [-0.4, -0.2) is 91.7 Å². The van der Waals surface area contributed by atoms with Gasteiger partial charge in [-0.1, -0.05) is 18.2 Å². The van der Waals surface area contributed by atoms with Gasteiger partial charge in [-0.15, -0.1) is 0 Å². The van der Waals surface area contributed by atoms with E-state index < -0.39 is 35.9 Å². The zero-order valence-electron chi connectivity index (χ0n) is 32.4. The van der Waals surface area contributed by atoms with Gasteiger partial charge in [0.15, 0.2) is 46.6 Å². The highest BCUT2D eigenvalue weighted by molar-refractivity contribution is 5.72. The number of quaternary nitrogens is 2. The van der Waals surface area contributed by atoms with Gasteiger partial charge in [0.25, 0.3) is 0 Å². The van der Waals surface area contributed by atoms with Crippen LogP contribution in [0.3, 0.4) is 0 Å². The molecule has 2 N–H and O–H groups in total. The van der Waals surface area contributed by atoms with Crippen molar-refractivity contribution in [1.82, 2.24) is 0 Å². The summed E-state index contributed by atoms with van der Waals surface area (Å²) < 4.78 is 47.7. The van der Waals surface area contributed by atoms with Gasteiger partial charge < -0.3 is 42.9 Å². The maximum absolute atomic E-state index is 17.0. The van der Waals surface area contributed by atoms with Crippen molar-refractivity contribution in [3.63, 3.8) is 0 Å². The van der Waals surface area contributed by atoms with E-state index in [2.05, 4.69) is 0 Å². The third-order valence-corrected chi connectivity index (χ3v) is 12.7. The number of fused-ring (bicyclic) bond motifs is 2. The van der Waals surface area contributed by atoms with E-state index in [1.807, 2.05) is 68.7 Å². The van der Waals surface area contributed by atoms with Gasteiger partial charge in [-0.25, -0.2) is 9.59 Å². The number of carboxylic acid groups (broad SMARTS) is 2. The number of nitrogens with zero attached hydrogens (tertiary/aromatic N) is 2. The minimum Gasteiger partial charge on any atom is -0.494 e. The van der Waals surface area contributed by atoms with E-state index in [9.17, 15) is 19.8 Å². The Kier molecular flexibility index (Phi) is 9.93. The molecule has 11 nitrogen and oxygen atoms in total. The fraction of sp³-hybridized carbons (Fsp3) is 0.395. The molecular formula is C43H49FN2O9+2. The number of likely N-dealkylation sites (N-methyl/N-ethyl adjacent to an activating group) is 2. The molecule has 0 saturated carbocycles. The molecule has 4 aromatic rings. The predicted molar refractivity (Wildman–Crippen MR) is 202 cm³/mol. The Hall–Kier alpha value is -5.33. The monoisotopic (exact) mass is 756 g/mol. The topological polar surface area (TPSA) is 121 Å². The average Bonchev–Trinajstić information content (AvgIpc) is 3.17. The first kappa shape index (κ1) is 38.0. The Bertz CT molecular complexity index is 2160. The molecule has 0 fully saturated rings. The Morgan fingerprint density at radius 3 is 1.87 bits per heavy atom. The van der Waals surface area contributed by atoms with Crippen molar-refractivity contribution in [2.24, 2.45) is 0 Å². The number of benzene rings is 4. The highest BCUT2D eigenvalue weighted by Crippen LogP contribution is 2.51. The van der Waals surface area contributed by atoms with Crippen LogP contribution in [0.2, 0.25) is 0 Å². The molecule has 4 aromatic carbocycles. The van der Waals surface area contributed by atoms with Crippen LogP contribution in [-0.2, 0) is 35.3 Å². The second-order valence-electron chi connectivity index (χ2n) is 15.4. The Morgan fingerprint density at radius 1 is 0.709 bits per heavy atom. The number of ether oxygens (including phenoxy) is 5. The predicted octanol–water partition coefficient (Wildman–Crippen LogP) is 7.27. The van der Waals surface area contributed by atoms with Gasteiger partial charge >= 0.3 is 11.9 Å². The molecule has 6 atom stereocenters. The minimum absolute atomic E-state index is 0.00881. The first-order valence-electron chi connectivity index (χ1n) is 18.6. The molecule has 0 aliphatic carbocycles. The van der Waals surface area contributed by atoms with Crippen molar-refractivity contribution in [3.8, 4) is 40.2 Å². The van der Waals surface area contributed by atoms with Crippen molar-refractivity contribution >= 4 is 11.9 Å². The van der Waals surface area contributed by atoms with Gasteiger partial charge in [0, 0.05) is 31.2 Å². The number of carboxylic acids is 2. The van der Waals surface area contributed by atoms with Gasteiger partial charge in [-0.05, 0) is 78.6 Å². The number of halogens is 1. The third-order valence-electron chi connectivity index (χ3n) is 12.7. The summed E-state index contributed by atoms with van der Waals surface area (Å²) in [6.07, 6.45) is 1.86. The largest absolute Gasteiger partial charge is 0.494 e. The molecule has 0 spiro atoms. The lowest BCUT2D eigenvalue weighted by molar-refractivity contribution is -0.954. The number of aliphatic carboxylic acids is 2. The van der Waals surface area contributed by atoms with Gasteiger partial charge in [0.05, 0.1) is 54.1 Å². The summed E-state index contributed by atoms with van der Waals surface area (Å²) in [5, 5.41) is 20.8. The van der Waals surface area contributed by atoms with Crippen LogP contribution in [0.4, 0.5) is 4.39 Å². The number of methoxy groups -OCH3 is 3. The van der Waals surface area contributed by atoms with Crippen LogP contribution in [0.15, 0.2) is 60.7 Å². The number of carbonyl (C=O) groups is 2. The number of rotatable bonds is 7. The summed E-state index contributed by atoms with van der Waals surface area (Å²) in [7, 11) is 8.39. The summed E-state index contributed by atoms with van der Waals surface area (Å²) in [6.45, 7) is 4.46. The molecule has 4 aliphatic rings. The molecule has 4 aliphatic heterocycles. The average molecular weight is 757 g/mol. The molecular weight excluding hydrogens is 707 g/mol. The lowest BCUT2D eigenvalue weighted by Crippen LogP contribution is -2.59. The summed E-state index contributed by atoms with van der Waals surface area (Å²) in [5.74, 6) is -0.414. The van der Waals surface area contributed by atoms with E-state index in [0.717, 1.165) is 27.8 Å². The minimum atomic E-state index is -0.969. The summed E-state index contributed by atoms with van der Waals surface area (Å²) in [6, 6.07) is 16.3. The van der Waals surface area contributed by atoms with Gasteiger partial charge in [0.1, 0.15) is 17.8 Å². The van der Waals surface area contributed by atoms with E-state index >= 15 is 4.39 Å². The van der Waals surface area contributed by atoms with Gasteiger partial charge in [0.2, 0.25) is 5.82 Å². The smallest absolute Gasteiger partial charge is 0.362 e. The fourth-order valence-electron chi connectivity index (χ4n) is 8.89. The molecule has 6 unspecified atom stereocenters. The zero-order chi connectivity index (χ0) is 39.4. The Morgan fingerprint density at radius 2 is 1.25 bits per heavy atom. The first-order chi connectivity index (χ1) is 26.2. The molecule has 4 heterocycles. The van der Waals surface area contributed by atoms with Crippen molar-refractivity contribution in [2.75, 3.05) is 48.5 Å². The van der Waals surface area contributed by atoms with Crippen molar-refractivity contribution in [3.05, 3.63) is 99.9 Å². The molecule has 0 saturated heterocycles. The van der Waals surface area contributed by atoms with Crippen LogP contribution >= 0.6 is 0 Å². The van der Waals surface area contributed by atoms with Crippen LogP contribution in [0.5, 0.6) is 40.2 Å². The molecule has 0 aromatic heterocycles. The summed E-state index contributed by atoms with van der Waals surface area (Å²) >= 11 is 0. The van der Waals surface area contributed by atoms with Gasteiger partial charge in [-0.3, -0.25) is 0 Å². The second kappa shape index (κ2) is 14.4. The first-order valence-corrected chi connectivity index (χ1v) is 18.6. The number of hydrogen-bond donors (Lipinski definition) is 2. The van der Waals surface area contributed by atoms with Gasteiger partial charge in [-0.2, -0.15) is 4.39 Å². The summed E-state index contributed by atoms with van der Waals surface area (Å²) in [5.41, 5.74) is 5.02. The lowest BCUT2D eigenvalue weighted by Gasteiger charge is -2.48. The summed E-state index contributed by atoms with van der Waals surface area (Å²) in [4.78, 5) is 25.4. The Labute approximate surface area is 320 Å². The molecule has 0 amide bonds. The van der Waals surface area contributed by atoms with E-state index in [1.165, 1.54) is 14.2 Å². The van der Waals surface area contributed by atoms with Crippen LogP contribution in [0.25, 0.3) is 0 Å². The van der Waals surface area contributed by atoms with E-state index in [0.29, 0.717) is 67.3 Å². The van der Waals surface area contributed by atoms with E-state index in [-0.39, 0.29) is 32.3 Å². The van der Waals surface area contributed by atoms with E-state index in [4.69, 9.17) is 23.7 Å². The van der Waals surface area contributed by atoms with E-state index in [1.54, 1.807) is 27.0 Å². The van der Waals surface area contributed by atoms with Crippen molar-refractivity contribution < 1.29 is 56.8 Å². The molecule has 12 heteroatoms. The molecule has 8 rings (SSSR count). The molecule has 0 radical (unpaired) electrons. The lowest BCUT2D eigenvalue weighted by atomic mass is 9.84. The van der Waals surface area contributed by atoms with Crippen molar-refractivity contribution in [1.29, 1.82) is 0 Å². The Balaban J connectivity index is 1.52. The van der Waals surface area contributed by atoms with Crippen molar-refractivity contribution in [2.45, 2.75) is 63.7 Å². The number of hydrogen-bond acceptors (Lipinski definition) is 7.